The van der Waals surface area contributed by atoms with Gasteiger partial charge in [-0.1, -0.05) is 23.7 Å². The monoisotopic (exact) mass is 291 g/mol. The molecular weight excluding hydrogens is 278 g/mol. The van der Waals surface area contributed by atoms with Crippen LogP contribution in [0.3, 0.4) is 0 Å². The van der Waals surface area contributed by atoms with Gasteiger partial charge in [0, 0.05) is 30.1 Å². The highest BCUT2D eigenvalue weighted by atomic mass is 35.5. The summed E-state index contributed by atoms with van der Waals surface area (Å²) in [4.78, 5) is 11.8. The van der Waals surface area contributed by atoms with E-state index in [0.29, 0.717) is 5.02 Å². The van der Waals surface area contributed by atoms with Gasteiger partial charge in [0.05, 0.1) is 12.1 Å². The average molecular weight is 292 g/mol. The number of rotatable bonds is 3. The molecule has 1 aliphatic rings. The van der Waals surface area contributed by atoms with E-state index in [1.165, 1.54) is 0 Å². The van der Waals surface area contributed by atoms with Gasteiger partial charge in [0.15, 0.2) is 0 Å². The van der Waals surface area contributed by atoms with Crippen molar-refractivity contribution in [2.24, 2.45) is 13.0 Å². The SMILES string of the molecule is Cn1cc([C@H]2[C@H](C(=O)NO)[C@@H]2c2cccc(Cl)c2)cn1. The maximum atomic E-state index is 11.8. The smallest absolute Gasteiger partial charge is 0.247 e. The van der Waals surface area contributed by atoms with E-state index in [-0.39, 0.29) is 23.7 Å². The minimum atomic E-state index is -0.371. The van der Waals surface area contributed by atoms with E-state index in [1.54, 1.807) is 22.4 Å². The Balaban J connectivity index is 1.94. The lowest BCUT2D eigenvalue weighted by Gasteiger charge is -2.00. The summed E-state index contributed by atoms with van der Waals surface area (Å²) < 4.78 is 1.70. The predicted molar refractivity (Wildman–Crippen MR) is 73.6 cm³/mol. The van der Waals surface area contributed by atoms with Crippen LogP contribution in [-0.2, 0) is 11.8 Å². The van der Waals surface area contributed by atoms with Crippen LogP contribution in [0.15, 0.2) is 36.7 Å². The molecule has 2 N–H and O–H groups in total. The average Bonchev–Trinajstić information content (AvgIpc) is 3.05. The number of carbonyl (C=O) groups is 1. The van der Waals surface area contributed by atoms with E-state index in [0.717, 1.165) is 11.1 Å². The van der Waals surface area contributed by atoms with Gasteiger partial charge in [0.25, 0.3) is 0 Å². The van der Waals surface area contributed by atoms with Crippen LogP contribution in [0.2, 0.25) is 5.02 Å². The Hall–Kier alpha value is -1.85. The van der Waals surface area contributed by atoms with Crippen LogP contribution in [0.5, 0.6) is 0 Å². The Morgan fingerprint density at radius 2 is 2.15 bits per heavy atom. The number of halogens is 1. The number of hydrogen-bond donors (Lipinski definition) is 2. The van der Waals surface area contributed by atoms with Gasteiger partial charge in [-0.3, -0.25) is 14.7 Å². The van der Waals surface area contributed by atoms with Crippen LogP contribution in [0.25, 0.3) is 0 Å². The van der Waals surface area contributed by atoms with Crippen LogP contribution < -0.4 is 5.48 Å². The van der Waals surface area contributed by atoms with Crippen LogP contribution in [0.4, 0.5) is 0 Å². The number of hydroxylamine groups is 1. The van der Waals surface area contributed by atoms with Gasteiger partial charge in [-0.15, -0.1) is 0 Å². The minimum Gasteiger partial charge on any atom is -0.289 e. The number of hydrogen-bond acceptors (Lipinski definition) is 3. The lowest BCUT2D eigenvalue weighted by atomic mass is 10.1. The molecule has 0 bridgehead atoms. The molecule has 0 aliphatic heterocycles. The van der Waals surface area contributed by atoms with Gasteiger partial charge >= 0.3 is 0 Å². The van der Waals surface area contributed by atoms with Crippen molar-refractivity contribution in [3.63, 3.8) is 0 Å². The molecule has 1 heterocycles. The van der Waals surface area contributed by atoms with E-state index in [2.05, 4.69) is 5.10 Å². The Morgan fingerprint density at radius 1 is 1.40 bits per heavy atom. The van der Waals surface area contributed by atoms with E-state index in [4.69, 9.17) is 16.8 Å². The van der Waals surface area contributed by atoms with Gasteiger partial charge in [-0.2, -0.15) is 5.10 Å². The van der Waals surface area contributed by atoms with Gasteiger partial charge in [-0.25, -0.2) is 5.48 Å². The van der Waals surface area contributed by atoms with Crippen LogP contribution >= 0.6 is 11.6 Å². The number of carbonyl (C=O) groups excluding carboxylic acids is 1. The second-order valence-electron chi connectivity index (χ2n) is 5.06. The zero-order chi connectivity index (χ0) is 14.3. The summed E-state index contributed by atoms with van der Waals surface area (Å²) in [6.45, 7) is 0. The Morgan fingerprint density at radius 3 is 2.75 bits per heavy atom. The van der Waals surface area contributed by atoms with E-state index in [1.807, 2.05) is 31.4 Å². The van der Waals surface area contributed by atoms with Gasteiger partial charge in [-0.05, 0) is 23.3 Å². The van der Waals surface area contributed by atoms with Crippen molar-refractivity contribution in [1.29, 1.82) is 0 Å². The molecule has 5 nitrogen and oxygen atoms in total. The first kappa shape index (κ1) is 13.1. The van der Waals surface area contributed by atoms with Crippen molar-refractivity contribution in [2.75, 3.05) is 0 Å². The minimum absolute atomic E-state index is 0.0186. The number of benzene rings is 1. The molecule has 20 heavy (non-hydrogen) atoms. The summed E-state index contributed by atoms with van der Waals surface area (Å²) in [5.74, 6) is -0.620. The first-order valence-corrected chi connectivity index (χ1v) is 6.67. The molecule has 0 radical (unpaired) electrons. The molecule has 0 unspecified atom stereocenters. The molecule has 1 aliphatic carbocycles. The fourth-order valence-electron chi connectivity index (χ4n) is 2.87. The first-order valence-electron chi connectivity index (χ1n) is 6.30. The van der Waals surface area contributed by atoms with E-state index in [9.17, 15) is 4.79 Å². The highest BCUT2D eigenvalue weighted by molar-refractivity contribution is 6.30. The van der Waals surface area contributed by atoms with Gasteiger partial charge < -0.3 is 0 Å². The molecule has 3 atom stereocenters. The number of nitrogens with zero attached hydrogens (tertiary/aromatic N) is 2. The van der Waals surface area contributed by atoms with Crippen molar-refractivity contribution in [1.82, 2.24) is 15.3 Å². The van der Waals surface area contributed by atoms with E-state index >= 15 is 0 Å². The van der Waals surface area contributed by atoms with Crippen LogP contribution in [0.1, 0.15) is 23.0 Å². The summed E-state index contributed by atoms with van der Waals surface area (Å²) in [6.07, 6.45) is 3.65. The van der Waals surface area contributed by atoms with Crippen molar-refractivity contribution in [3.8, 4) is 0 Å². The standard InChI is InChI=1S/C14H14ClN3O2/c1-18-7-9(6-16-18)12-11(13(12)14(19)17-20)8-3-2-4-10(15)5-8/h2-7,11-13,20H,1H3,(H,17,19)/t11-,12-,13-/m1/s1. The molecule has 104 valence electrons. The molecule has 2 aromatic rings. The van der Waals surface area contributed by atoms with Crippen molar-refractivity contribution in [3.05, 3.63) is 52.8 Å². The number of nitrogens with one attached hydrogen (secondary N) is 1. The van der Waals surface area contributed by atoms with Crippen molar-refractivity contribution < 1.29 is 10.0 Å². The normalized spacial score (nSPS) is 24.4. The zero-order valence-corrected chi connectivity index (χ0v) is 11.6. The third-order valence-electron chi connectivity index (χ3n) is 3.78. The lowest BCUT2D eigenvalue weighted by Crippen LogP contribution is -2.21. The maximum Gasteiger partial charge on any atom is 0.247 e. The zero-order valence-electron chi connectivity index (χ0n) is 10.8. The molecule has 1 fully saturated rings. The predicted octanol–water partition coefficient (Wildman–Crippen LogP) is 2.08. The van der Waals surface area contributed by atoms with Gasteiger partial charge in [0.2, 0.25) is 5.91 Å². The Kier molecular flexibility index (Phi) is 3.23. The quantitative estimate of drug-likeness (QED) is 0.672. The summed E-state index contributed by atoms with van der Waals surface area (Å²) in [5.41, 5.74) is 3.74. The van der Waals surface area contributed by atoms with Crippen molar-refractivity contribution >= 4 is 17.5 Å². The number of aryl methyl sites for hydroxylation is 1. The molecule has 1 aromatic heterocycles. The fourth-order valence-corrected chi connectivity index (χ4v) is 3.07. The molecule has 6 heteroatoms. The molecule has 1 aromatic carbocycles. The third kappa shape index (κ3) is 2.19. The highest BCUT2D eigenvalue weighted by Crippen LogP contribution is 2.60. The lowest BCUT2D eigenvalue weighted by molar-refractivity contribution is -0.130. The molecule has 0 spiro atoms. The Labute approximate surface area is 121 Å². The second-order valence-corrected chi connectivity index (χ2v) is 5.49. The second kappa shape index (κ2) is 4.92. The molecular formula is C14H14ClN3O2. The van der Waals surface area contributed by atoms with E-state index < -0.39 is 0 Å². The maximum absolute atomic E-state index is 11.8. The highest BCUT2D eigenvalue weighted by Gasteiger charge is 2.56. The Bertz CT molecular complexity index is 655. The molecule has 0 saturated heterocycles. The summed E-state index contributed by atoms with van der Waals surface area (Å²) in [7, 11) is 1.83. The summed E-state index contributed by atoms with van der Waals surface area (Å²) in [6, 6.07) is 7.47. The molecule has 1 saturated carbocycles. The van der Waals surface area contributed by atoms with Crippen LogP contribution in [0, 0.1) is 5.92 Å². The van der Waals surface area contributed by atoms with Crippen molar-refractivity contribution in [2.45, 2.75) is 11.8 Å². The number of aromatic nitrogens is 2. The largest absolute Gasteiger partial charge is 0.289 e. The third-order valence-corrected chi connectivity index (χ3v) is 4.01. The summed E-state index contributed by atoms with van der Waals surface area (Å²) >= 11 is 6.01. The summed E-state index contributed by atoms with van der Waals surface area (Å²) in [5, 5.41) is 13.7. The fraction of sp³-hybridized carbons (Fsp3) is 0.286. The van der Waals surface area contributed by atoms with Gasteiger partial charge in [0.1, 0.15) is 0 Å². The topological polar surface area (TPSA) is 67.2 Å². The number of amides is 1. The first-order chi connectivity index (χ1) is 9.61. The molecule has 1 amide bonds. The van der Waals surface area contributed by atoms with Crippen LogP contribution in [-0.4, -0.2) is 20.9 Å². The molecule has 3 rings (SSSR count).